The lowest BCUT2D eigenvalue weighted by molar-refractivity contribution is -0.126. The molecule has 1 aliphatic rings. The van der Waals surface area contributed by atoms with Gasteiger partial charge in [0.05, 0.1) is 23.6 Å². The maximum Gasteiger partial charge on any atom is 0.318 e. The molecule has 1 saturated heterocycles. The second-order valence-corrected chi connectivity index (χ2v) is 9.10. The van der Waals surface area contributed by atoms with Crippen LogP contribution < -0.4 is 20.5 Å². The van der Waals surface area contributed by atoms with E-state index in [1.165, 1.54) is 18.2 Å². The molecule has 2 aromatic heterocycles. The number of piperazine rings is 1. The number of nitrogens with zero attached hydrogens (tertiary/aromatic N) is 4. The van der Waals surface area contributed by atoms with Gasteiger partial charge in [-0.1, -0.05) is 24.3 Å². The van der Waals surface area contributed by atoms with Crippen molar-refractivity contribution in [2.45, 2.75) is 0 Å². The van der Waals surface area contributed by atoms with Gasteiger partial charge in [0.25, 0.3) is 18.2 Å². The summed E-state index contributed by atoms with van der Waals surface area (Å²) in [5.41, 5.74) is 5.60. The van der Waals surface area contributed by atoms with Crippen molar-refractivity contribution in [3.8, 4) is 5.75 Å². The molecule has 0 radical (unpaired) electrons. The number of aromatic amines is 1. The number of pyridine rings is 1. The summed E-state index contributed by atoms with van der Waals surface area (Å²) in [7, 11) is 1.45. The number of carbonyl (C=O) groups is 3. The maximum absolute atomic E-state index is 13.4. The monoisotopic (exact) mass is 538 g/mol. The first-order valence-corrected chi connectivity index (χ1v) is 12.5. The number of hydrogen-bond donors (Lipinski definition) is 4. The summed E-state index contributed by atoms with van der Waals surface area (Å²) in [6, 6.07) is 13.1. The number of nitrogens with one attached hydrogen (secondary N) is 4. The normalized spacial score (nSPS) is 13.1. The van der Waals surface area contributed by atoms with E-state index in [9.17, 15) is 14.4 Å². The molecule has 0 spiro atoms. The van der Waals surface area contributed by atoms with E-state index in [-0.39, 0.29) is 17.9 Å². The maximum atomic E-state index is 13.4. The van der Waals surface area contributed by atoms with Crippen LogP contribution in [-0.2, 0) is 9.59 Å². The number of carbonyl (C=O) groups excluding carboxylic acids is 3. The Morgan fingerprint density at radius 1 is 1.07 bits per heavy atom. The minimum atomic E-state index is -0.691. The fourth-order valence-electron chi connectivity index (χ4n) is 4.82. The highest BCUT2D eigenvalue weighted by Crippen LogP contribution is 2.32. The largest absolute Gasteiger partial charge is 0.496 e. The van der Waals surface area contributed by atoms with Crippen molar-refractivity contribution in [3.05, 3.63) is 77.4 Å². The van der Waals surface area contributed by atoms with Crippen LogP contribution in [0.2, 0.25) is 0 Å². The Morgan fingerprint density at radius 2 is 1.85 bits per heavy atom. The van der Waals surface area contributed by atoms with E-state index in [0.29, 0.717) is 48.4 Å². The molecule has 2 amide bonds. The Kier molecular flexibility index (Phi) is 7.28. The number of hydrogen-bond acceptors (Lipinski definition) is 7. The van der Waals surface area contributed by atoms with Crippen molar-refractivity contribution in [1.29, 1.82) is 5.41 Å². The van der Waals surface area contributed by atoms with Gasteiger partial charge in [-0.3, -0.25) is 30.6 Å². The van der Waals surface area contributed by atoms with E-state index in [1.54, 1.807) is 18.3 Å². The van der Waals surface area contributed by atoms with Gasteiger partial charge in [-0.2, -0.15) is 0 Å². The smallest absolute Gasteiger partial charge is 0.318 e. The van der Waals surface area contributed by atoms with Crippen molar-refractivity contribution < 1.29 is 19.1 Å². The van der Waals surface area contributed by atoms with Crippen LogP contribution in [0.5, 0.6) is 5.75 Å². The van der Waals surface area contributed by atoms with Crippen molar-refractivity contribution in [2.75, 3.05) is 44.7 Å². The SMILES string of the molecule is [C-]#[N+]CC(=O)NNC(=N)c1ccc(OC)c2c(C(=O)C(=O)N3CCN(c4nccc5ccccc45)CC3)c[nH]c12. The number of hydrazine groups is 1. The van der Waals surface area contributed by atoms with Crippen LogP contribution in [0.4, 0.5) is 5.82 Å². The molecule has 1 aliphatic heterocycles. The van der Waals surface area contributed by atoms with Gasteiger partial charge in [0, 0.05) is 49.5 Å². The highest BCUT2D eigenvalue weighted by molar-refractivity contribution is 6.45. The topological polar surface area (TPSA) is 148 Å². The Morgan fingerprint density at radius 3 is 2.60 bits per heavy atom. The first-order valence-electron chi connectivity index (χ1n) is 12.5. The van der Waals surface area contributed by atoms with Gasteiger partial charge in [-0.15, -0.1) is 0 Å². The Balaban J connectivity index is 1.33. The number of aromatic nitrogens is 2. The summed E-state index contributed by atoms with van der Waals surface area (Å²) in [4.78, 5) is 52.6. The summed E-state index contributed by atoms with van der Waals surface area (Å²) in [6.45, 7) is 8.16. The Labute approximate surface area is 229 Å². The number of amides is 2. The number of benzene rings is 2. The molecule has 4 aromatic rings. The number of ketones is 1. The second kappa shape index (κ2) is 11.1. The number of fused-ring (bicyclic) bond motifs is 2. The predicted molar refractivity (Wildman–Crippen MR) is 149 cm³/mol. The molecule has 202 valence electrons. The number of ether oxygens (including phenoxy) is 1. The molecular formula is C28H26N8O4. The highest BCUT2D eigenvalue weighted by Gasteiger charge is 2.30. The Hall–Kier alpha value is -5.44. The number of methoxy groups -OCH3 is 1. The van der Waals surface area contributed by atoms with Crippen LogP contribution in [-0.4, -0.2) is 78.1 Å². The van der Waals surface area contributed by atoms with E-state index >= 15 is 0 Å². The number of H-pyrrole nitrogens is 1. The van der Waals surface area contributed by atoms with Crippen molar-refractivity contribution in [2.24, 2.45) is 0 Å². The molecule has 0 unspecified atom stereocenters. The van der Waals surface area contributed by atoms with Crippen LogP contribution in [0.15, 0.2) is 54.9 Å². The fraction of sp³-hybridized carbons (Fsp3) is 0.214. The molecule has 3 heterocycles. The molecular weight excluding hydrogens is 512 g/mol. The third kappa shape index (κ3) is 4.88. The van der Waals surface area contributed by atoms with Crippen LogP contribution in [0.1, 0.15) is 15.9 Å². The van der Waals surface area contributed by atoms with Gasteiger partial charge in [-0.05, 0) is 23.6 Å². The van der Waals surface area contributed by atoms with Gasteiger partial charge in [-0.25, -0.2) is 11.6 Å². The molecule has 0 bridgehead atoms. The van der Waals surface area contributed by atoms with E-state index in [4.69, 9.17) is 16.7 Å². The lowest BCUT2D eigenvalue weighted by Gasteiger charge is -2.35. The molecule has 0 aliphatic carbocycles. The molecule has 0 atom stereocenters. The Bertz CT molecular complexity index is 1680. The first-order chi connectivity index (χ1) is 19.4. The summed E-state index contributed by atoms with van der Waals surface area (Å²) in [5.74, 6) is -0.869. The second-order valence-electron chi connectivity index (χ2n) is 9.10. The van der Waals surface area contributed by atoms with Gasteiger partial charge in [0.1, 0.15) is 17.4 Å². The zero-order valence-electron chi connectivity index (χ0n) is 21.7. The van der Waals surface area contributed by atoms with E-state index in [1.807, 2.05) is 30.3 Å². The van der Waals surface area contributed by atoms with Crippen molar-refractivity contribution in [1.82, 2.24) is 25.7 Å². The molecule has 40 heavy (non-hydrogen) atoms. The van der Waals surface area contributed by atoms with Crippen LogP contribution in [0, 0.1) is 12.0 Å². The van der Waals surface area contributed by atoms with E-state index in [0.717, 1.165) is 16.6 Å². The molecule has 0 saturated carbocycles. The van der Waals surface area contributed by atoms with E-state index < -0.39 is 17.6 Å². The van der Waals surface area contributed by atoms with Gasteiger partial charge in [0.2, 0.25) is 0 Å². The fourth-order valence-corrected chi connectivity index (χ4v) is 4.82. The van der Waals surface area contributed by atoms with Crippen LogP contribution in [0.25, 0.3) is 26.5 Å². The average Bonchev–Trinajstić information content (AvgIpc) is 3.44. The molecule has 12 nitrogen and oxygen atoms in total. The number of amidine groups is 1. The lowest BCUT2D eigenvalue weighted by atomic mass is 10.0. The predicted octanol–water partition coefficient (Wildman–Crippen LogP) is 2.12. The van der Waals surface area contributed by atoms with Gasteiger partial charge in [0.15, 0.2) is 0 Å². The number of rotatable bonds is 6. The standard InChI is InChI=1S/C28H26N8O4/c1-30-16-22(37)33-34-26(29)19-7-8-21(40-2)23-20(15-32-24(19)23)25(38)28(39)36-13-11-35(12-14-36)27-18-6-4-3-5-17(18)9-10-31-27/h3-10,15,32H,11-14,16H2,2H3,(H2,29,34)(H,33,37). The molecule has 2 aromatic carbocycles. The van der Waals surface area contributed by atoms with Crippen LogP contribution in [0.3, 0.4) is 0 Å². The van der Waals surface area contributed by atoms with Crippen LogP contribution >= 0.6 is 0 Å². The van der Waals surface area contributed by atoms with Gasteiger partial charge < -0.3 is 24.4 Å². The minimum Gasteiger partial charge on any atom is -0.496 e. The molecule has 4 N–H and O–H groups in total. The van der Waals surface area contributed by atoms with Crippen molar-refractivity contribution >= 4 is 50.9 Å². The number of Topliss-reactive ketones (excluding diaryl/α,β-unsaturated/α-hetero) is 1. The third-order valence-electron chi connectivity index (χ3n) is 6.79. The van der Waals surface area contributed by atoms with Gasteiger partial charge >= 0.3 is 5.91 Å². The van der Waals surface area contributed by atoms with Crippen molar-refractivity contribution in [3.63, 3.8) is 0 Å². The molecule has 5 rings (SSSR count). The quantitative estimate of drug-likeness (QED) is 0.0734. The minimum absolute atomic E-state index is 0.127. The summed E-state index contributed by atoms with van der Waals surface area (Å²) >= 11 is 0. The average molecular weight is 539 g/mol. The first kappa shape index (κ1) is 26.2. The van der Waals surface area contributed by atoms with E-state index in [2.05, 4.69) is 30.6 Å². The third-order valence-corrected chi connectivity index (χ3v) is 6.79. The highest BCUT2D eigenvalue weighted by atomic mass is 16.5. The lowest BCUT2D eigenvalue weighted by Crippen LogP contribution is -2.50. The number of anilines is 1. The molecule has 12 heteroatoms. The summed E-state index contributed by atoms with van der Waals surface area (Å²) in [5, 5.41) is 10.8. The zero-order chi connectivity index (χ0) is 28.2. The zero-order valence-corrected chi connectivity index (χ0v) is 21.7. The summed E-state index contributed by atoms with van der Waals surface area (Å²) in [6.07, 6.45) is 3.20. The summed E-state index contributed by atoms with van der Waals surface area (Å²) < 4.78 is 5.46. The molecule has 1 fully saturated rings.